The maximum Gasteiger partial charge on any atom is 0.422 e. The van der Waals surface area contributed by atoms with Crippen LogP contribution < -0.4 is 31.7 Å². The van der Waals surface area contributed by atoms with Crippen molar-refractivity contribution in [2.45, 2.75) is 12.7 Å². The molecule has 3 aromatic rings. The Balaban J connectivity index is 1.67. The van der Waals surface area contributed by atoms with Crippen molar-refractivity contribution in [2.75, 3.05) is 35.6 Å². The summed E-state index contributed by atoms with van der Waals surface area (Å²) < 4.78 is 42.6. The molecule has 0 aliphatic rings. The number of anilines is 4. The van der Waals surface area contributed by atoms with Gasteiger partial charge >= 0.3 is 18.2 Å². The van der Waals surface area contributed by atoms with Gasteiger partial charge in [0.15, 0.2) is 6.61 Å². The van der Waals surface area contributed by atoms with Crippen molar-refractivity contribution in [3.05, 3.63) is 59.7 Å². The second kappa shape index (κ2) is 13.0. The van der Waals surface area contributed by atoms with E-state index in [1.165, 1.54) is 24.3 Å². The predicted octanol–water partition coefficient (Wildman–Crippen LogP) is 1.88. The summed E-state index contributed by atoms with van der Waals surface area (Å²) in [5.74, 6) is -2.28. The van der Waals surface area contributed by atoms with Crippen molar-refractivity contribution in [1.82, 2.24) is 20.3 Å². The zero-order valence-corrected chi connectivity index (χ0v) is 20.1. The summed E-state index contributed by atoms with van der Waals surface area (Å²) in [6.45, 7) is -1.94. The first kappa shape index (κ1) is 28.6. The van der Waals surface area contributed by atoms with Gasteiger partial charge in [-0.05, 0) is 42.0 Å². The third-order valence-electron chi connectivity index (χ3n) is 4.69. The van der Waals surface area contributed by atoms with E-state index in [-0.39, 0.29) is 37.1 Å². The molecule has 0 aliphatic heterocycles. The molecule has 0 fully saturated rings. The average molecular weight is 548 g/mol. The minimum atomic E-state index is -4.62. The van der Waals surface area contributed by atoms with Crippen LogP contribution in [0.15, 0.2) is 48.5 Å². The van der Waals surface area contributed by atoms with E-state index in [1.807, 2.05) is 0 Å². The van der Waals surface area contributed by atoms with Gasteiger partial charge in [-0.1, -0.05) is 12.1 Å². The van der Waals surface area contributed by atoms with Crippen LogP contribution in [0, 0.1) is 0 Å². The van der Waals surface area contributed by atoms with Crippen LogP contribution in [0.2, 0.25) is 0 Å². The van der Waals surface area contributed by atoms with E-state index in [0.717, 1.165) is 0 Å². The number of carboxylic acids is 1. The van der Waals surface area contributed by atoms with Gasteiger partial charge in [0, 0.05) is 17.9 Å². The number of nitrogens with two attached hydrogens (primary N) is 1. The normalized spacial score (nSPS) is 10.9. The molecule has 0 saturated carbocycles. The number of nitrogens with zero attached hydrogens (tertiary/aromatic N) is 3. The van der Waals surface area contributed by atoms with Gasteiger partial charge in [0.05, 0.1) is 18.7 Å². The molecule has 1 heterocycles. The number of carboxylic acid groups (broad SMARTS) is 1. The molecule has 16 heteroatoms. The molecule has 0 spiro atoms. The number of halogens is 3. The largest absolute Gasteiger partial charge is 0.478 e. The molecular weight excluding hydrogens is 525 g/mol. The van der Waals surface area contributed by atoms with E-state index in [0.29, 0.717) is 16.9 Å². The molecular formula is C23H23F3N8O5. The molecule has 3 rings (SSSR count). The van der Waals surface area contributed by atoms with Crippen LogP contribution in [0.3, 0.4) is 0 Å². The average Bonchev–Trinajstić information content (AvgIpc) is 2.90. The monoisotopic (exact) mass is 548 g/mol. The molecule has 7 N–H and O–H groups in total. The minimum absolute atomic E-state index is 0.0386. The van der Waals surface area contributed by atoms with Crippen LogP contribution in [0.25, 0.3) is 0 Å². The van der Waals surface area contributed by atoms with E-state index in [4.69, 9.17) is 10.8 Å². The number of ether oxygens (including phenoxy) is 1. The number of rotatable bonds is 12. The molecule has 206 valence electrons. The van der Waals surface area contributed by atoms with E-state index >= 15 is 0 Å². The zero-order chi connectivity index (χ0) is 28.4. The first-order valence-corrected chi connectivity index (χ1v) is 11.2. The highest BCUT2D eigenvalue weighted by Crippen LogP contribution is 2.21. The molecule has 0 radical (unpaired) electrons. The fourth-order valence-electron chi connectivity index (χ4n) is 2.87. The predicted molar refractivity (Wildman–Crippen MR) is 133 cm³/mol. The van der Waals surface area contributed by atoms with Crippen molar-refractivity contribution in [1.29, 1.82) is 0 Å². The first-order valence-electron chi connectivity index (χ1n) is 11.2. The molecule has 0 bridgehead atoms. The van der Waals surface area contributed by atoms with Gasteiger partial charge < -0.3 is 36.8 Å². The quantitative estimate of drug-likeness (QED) is 0.193. The molecule has 1 aromatic heterocycles. The number of aromatic carboxylic acids is 1. The lowest BCUT2D eigenvalue weighted by Crippen LogP contribution is -2.36. The summed E-state index contributed by atoms with van der Waals surface area (Å²) in [5.41, 5.74) is 6.75. The SMILES string of the molecule is NCC(=O)NCC(=O)Nc1ccc(CNc2nc(Nc3ccc(C(=O)O)cc3)nc(OCC(F)(F)F)n2)cc1. The van der Waals surface area contributed by atoms with Gasteiger partial charge in [0.1, 0.15) is 0 Å². The summed E-state index contributed by atoms with van der Waals surface area (Å²) >= 11 is 0. The fourth-order valence-corrected chi connectivity index (χ4v) is 2.87. The van der Waals surface area contributed by atoms with Crippen molar-refractivity contribution < 1.29 is 37.4 Å². The van der Waals surface area contributed by atoms with Gasteiger partial charge in [0.2, 0.25) is 23.7 Å². The van der Waals surface area contributed by atoms with E-state index in [2.05, 4.69) is 41.0 Å². The standard InChI is InChI=1S/C23H23F3N8O5/c24-23(25,26)12-39-22-33-20(32-21(34-22)31-16-7-3-14(4-8-16)19(37)38)29-10-13-1-5-15(6-2-13)30-18(36)11-28-17(35)9-27/h1-8H,9-12,27H2,(H,28,35)(H,30,36)(H,37,38)(H2,29,31,32,33,34). The molecule has 2 aromatic carbocycles. The lowest BCUT2D eigenvalue weighted by Gasteiger charge is -2.12. The van der Waals surface area contributed by atoms with E-state index in [9.17, 15) is 27.6 Å². The highest BCUT2D eigenvalue weighted by Gasteiger charge is 2.29. The number of amides is 2. The van der Waals surface area contributed by atoms with Crippen LogP contribution in [0.1, 0.15) is 15.9 Å². The topological polar surface area (TPSA) is 193 Å². The number of carbonyl (C=O) groups excluding carboxylic acids is 2. The van der Waals surface area contributed by atoms with Gasteiger partial charge in [0.25, 0.3) is 0 Å². The molecule has 0 saturated heterocycles. The highest BCUT2D eigenvalue weighted by atomic mass is 19.4. The number of alkyl halides is 3. The van der Waals surface area contributed by atoms with Gasteiger partial charge in [-0.25, -0.2) is 4.79 Å². The van der Waals surface area contributed by atoms with Crippen molar-refractivity contribution >= 4 is 41.1 Å². The summed E-state index contributed by atoms with van der Waals surface area (Å²) in [7, 11) is 0. The summed E-state index contributed by atoms with van der Waals surface area (Å²) in [6.07, 6.45) is -4.62. The number of hydrogen-bond donors (Lipinski definition) is 6. The second-order valence-corrected chi connectivity index (χ2v) is 7.76. The number of nitrogens with one attached hydrogen (secondary N) is 4. The molecule has 0 atom stereocenters. The summed E-state index contributed by atoms with van der Waals surface area (Å²) in [5, 5.41) is 19.6. The summed E-state index contributed by atoms with van der Waals surface area (Å²) in [6, 6.07) is 11.5. The lowest BCUT2D eigenvalue weighted by molar-refractivity contribution is -0.154. The second-order valence-electron chi connectivity index (χ2n) is 7.76. The van der Waals surface area contributed by atoms with Crippen LogP contribution in [0.4, 0.5) is 36.4 Å². The van der Waals surface area contributed by atoms with E-state index < -0.39 is 36.6 Å². The number of aromatic nitrogens is 3. The molecule has 0 aliphatic carbocycles. The number of hydrogen-bond acceptors (Lipinski definition) is 10. The maximum absolute atomic E-state index is 12.6. The van der Waals surface area contributed by atoms with Crippen molar-refractivity contribution in [2.24, 2.45) is 5.73 Å². The Bertz CT molecular complexity index is 1300. The Kier molecular flexibility index (Phi) is 9.53. The Morgan fingerprint density at radius 1 is 0.897 bits per heavy atom. The molecule has 2 amide bonds. The number of benzene rings is 2. The zero-order valence-electron chi connectivity index (χ0n) is 20.1. The number of carbonyl (C=O) groups is 3. The minimum Gasteiger partial charge on any atom is -0.478 e. The van der Waals surface area contributed by atoms with Crippen molar-refractivity contribution in [3.63, 3.8) is 0 Å². The maximum atomic E-state index is 12.6. The third kappa shape index (κ3) is 9.77. The van der Waals surface area contributed by atoms with Crippen LogP contribution >= 0.6 is 0 Å². The smallest absolute Gasteiger partial charge is 0.422 e. The van der Waals surface area contributed by atoms with Crippen LogP contribution in [-0.2, 0) is 16.1 Å². The molecule has 39 heavy (non-hydrogen) atoms. The van der Waals surface area contributed by atoms with Gasteiger partial charge in [-0.2, -0.15) is 28.1 Å². The van der Waals surface area contributed by atoms with Crippen molar-refractivity contribution in [3.8, 4) is 6.01 Å². The Labute approximate surface area is 219 Å². The highest BCUT2D eigenvalue weighted by molar-refractivity contribution is 5.94. The fraction of sp³-hybridized carbons (Fsp3) is 0.217. The van der Waals surface area contributed by atoms with Crippen LogP contribution in [0.5, 0.6) is 6.01 Å². The van der Waals surface area contributed by atoms with Crippen LogP contribution in [-0.4, -0.2) is 63.7 Å². The Morgan fingerprint density at radius 2 is 1.54 bits per heavy atom. The Hall–Kier alpha value is -4.99. The van der Waals surface area contributed by atoms with E-state index in [1.54, 1.807) is 24.3 Å². The van der Waals surface area contributed by atoms with Gasteiger partial charge in [-0.15, -0.1) is 0 Å². The molecule has 13 nitrogen and oxygen atoms in total. The lowest BCUT2D eigenvalue weighted by atomic mass is 10.2. The Morgan fingerprint density at radius 3 is 2.15 bits per heavy atom. The first-order chi connectivity index (χ1) is 18.5. The third-order valence-corrected chi connectivity index (χ3v) is 4.69. The summed E-state index contributed by atoms with van der Waals surface area (Å²) in [4.78, 5) is 45.8. The molecule has 0 unspecified atom stereocenters. The van der Waals surface area contributed by atoms with Gasteiger partial charge in [-0.3, -0.25) is 9.59 Å².